The van der Waals surface area contributed by atoms with Gasteiger partial charge in [-0.1, -0.05) is 18.2 Å². The third-order valence-electron chi connectivity index (χ3n) is 2.22. The largest absolute Gasteiger partial charge is 0.364 e. The second kappa shape index (κ2) is 4.76. The van der Waals surface area contributed by atoms with E-state index in [-0.39, 0.29) is 0 Å². The first-order chi connectivity index (χ1) is 7.81. The zero-order valence-corrected chi connectivity index (χ0v) is 9.64. The van der Waals surface area contributed by atoms with Crippen LogP contribution in [0.2, 0.25) is 0 Å². The first-order valence-electron chi connectivity index (χ1n) is 4.88. The van der Waals surface area contributed by atoms with Crippen LogP contribution >= 0.6 is 12.2 Å². The van der Waals surface area contributed by atoms with Gasteiger partial charge in [0.25, 0.3) is 0 Å². The van der Waals surface area contributed by atoms with Crippen molar-refractivity contribution in [3.63, 3.8) is 0 Å². The van der Waals surface area contributed by atoms with E-state index in [2.05, 4.69) is 20.8 Å². The molecule has 2 rings (SSSR count). The summed E-state index contributed by atoms with van der Waals surface area (Å²) in [6.45, 7) is 0. The topological polar surface area (TPSA) is 52.2 Å². The number of H-pyrrole nitrogens is 1. The molecule has 1 heterocycles. The normalized spacial score (nSPS) is 10.8. The minimum Gasteiger partial charge on any atom is -0.364 e. The molecule has 1 aromatic heterocycles. The molecule has 0 saturated heterocycles. The van der Waals surface area contributed by atoms with Gasteiger partial charge < -0.3 is 10.3 Å². The Morgan fingerprint density at radius 3 is 3.06 bits per heavy atom. The molecule has 0 spiro atoms. The number of nitrogens with zero attached hydrogens (tertiary/aromatic N) is 1. The van der Waals surface area contributed by atoms with Crippen molar-refractivity contribution in [1.82, 2.24) is 15.7 Å². The number of thiocarbonyl (C=S) groups is 1. The second-order valence-corrected chi connectivity index (χ2v) is 3.65. The number of fused-ring (bicyclic) bond motifs is 1. The number of hydrogen-bond donors (Lipinski definition) is 3. The molecule has 0 radical (unpaired) electrons. The monoisotopic (exact) mass is 232 g/mol. The number of hydrazone groups is 1. The number of nitrogens with one attached hydrogen (secondary N) is 3. The predicted octanol–water partition coefficient (Wildman–Crippen LogP) is 1.60. The molecule has 0 fully saturated rings. The van der Waals surface area contributed by atoms with Gasteiger partial charge in [0.2, 0.25) is 0 Å². The fraction of sp³-hybridized carbons (Fsp3) is 0.0909. The molecule has 0 atom stereocenters. The molecule has 1 aromatic carbocycles. The Balaban J connectivity index is 2.18. The molecular weight excluding hydrogens is 220 g/mol. The van der Waals surface area contributed by atoms with Crippen molar-refractivity contribution in [2.45, 2.75) is 0 Å². The Morgan fingerprint density at radius 1 is 1.44 bits per heavy atom. The van der Waals surface area contributed by atoms with E-state index in [1.54, 1.807) is 13.3 Å². The van der Waals surface area contributed by atoms with E-state index in [0.29, 0.717) is 5.11 Å². The Kier molecular flexibility index (Phi) is 3.16. The molecule has 16 heavy (non-hydrogen) atoms. The Labute approximate surface area is 98.7 Å². The van der Waals surface area contributed by atoms with E-state index in [4.69, 9.17) is 12.2 Å². The van der Waals surface area contributed by atoms with Crippen molar-refractivity contribution in [1.29, 1.82) is 0 Å². The maximum Gasteiger partial charge on any atom is 0.186 e. The van der Waals surface area contributed by atoms with E-state index in [1.165, 1.54) is 0 Å². The highest BCUT2D eigenvalue weighted by molar-refractivity contribution is 7.80. The van der Waals surface area contributed by atoms with Gasteiger partial charge in [-0.15, -0.1) is 0 Å². The summed E-state index contributed by atoms with van der Waals surface area (Å²) >= 11 is 4.90. The molecular formula is C11H12N4S. The Morgan fingerprint density at radius 2 is 2.25 bits per heavy atom. The molecule has 0 aliphatic rings. The lowest BCUT2D eigenvalue weighted by Gasteiger charge is -1.98. The van der Waals surface area contributed by atoms with E-state index in [9.17, 15) is 0 Å². The summed E-state index contributed by atoms with van der Waals surface area (Å²) in [6, 6.07) is 8.06. The summed E-state index contributed by atoms with van der Waals surface area (Å²) in [4.78, 5) is 3.17. The third kappa shape index (κ3) is 2.20. The van der Waals surface area contributed by atoms with Gasteiger partial charge in [0.15, 0.2) is 5.11 Å². The van der Waals surface area contributed by atoms with Crippen LogP contribution in [0.3, 0.4) is 0 Å². The number of aromatic amines is 1. The predicted molar refractivity (Wildman–Crippen MR) is 70.7 cm³/mol. The highest BCUT2D eigenvalue weighted by Gasteiger charge is 1.98. The van der Waals surface area contributed by atoms with Crippen molar-refractivity contribution in [2.24, 2.45) is 5.10 Å². The number of hydrogen-bond acceptors (Lipinski definition) is 2. The summed E-state index contributed by atoms with van der Waals surface area (Å²) in [5.41, 5.74) is 4.84. The summed E-state index contributed by atoms with van der Waals surface area (Å²) in [6.07, 6.45) is 3.65. The van der Waals surface area contributed by atoms with Crippen LogP contribution in [0.4, 0.5) is 0 Å². The second-order valence-electron chi connectivity index (χ2n) is 3.24. The Hall–Kier alpha value is -1.88. The van der Waals surface area contributed by atoms with Crippen molar-refractivity contribution in [3.8, 4) is 0 Å². The van der Waals surface area contributed by atoms with Gasteiger partial charge in [-0.2, -0.15) is 5.10 Å². The molecule has 2 aromatic rings. The van der Waals surface area contributed by atoms with Crippen LogP contribution in [0.5, 0.6) is 0 Å². The first-order valence-corrected chi connectivity index (χ1v) is 5.29. The van der Waals surface area contributed by atoms with Crippen molar-refractivity contribution < 1.29 is 0 Å². The van der Waals surface area contributed by atoms with Gasteiger partial charge in [0, 0.05) is 29.7 Å². The lowest BCUT2D eigenvalue weighted by Crippen LogP contribution is -2.28. The number of para-hydroxylation sites is 1. The quantitative estimate of drug-likeness (QED) is 0.419. The molecule has 82 valence electrons. The zero-order valence-electron chi connectivity index (χ0n) is 8.82. The van der Waals surface area contributed by atoms with E-state index < -0.39 is 0 Å². The Bertz CT molecular complexity index is 530. The fourth-order valence-corrected chi connectivity index (χ4v) is 1.47. The first kappa shape index (κ1) is 10.6. The average molecular weight is 232 g/mol. The SMILES string of the molecule is CNC(=S)NN=Cc1c[nH]c2ccccc12. The fourth-order valence-electron chi connectivity index (χ4n) is 1.42. The molecule has 0 aliphatic heterocycles. The van der Waals surface area contributed by atoms with Crippen molar-refractivity contribution >= 4 is 34.4 Å². The van der Waals surface area contributed by atoms with E-state index in [1.807, 2.05) is 30.5 Å². The van der Waals surface area contributed by atoms with Gasteiger partial charge in [-0.05, 0) is 18.3 Å². The van der Waals surface area contributed by atoms with Gasteiger partial charge in [-0.25, -0.2) is 0 Å². The molecule has 0 saturated carbocycles. The number of benzene rings is 1. The van der Waals surface area contributed by atoms with Crippen LogP contribution in [0, 0.1) is 0 Å². The van der Waals surface area contributed by atoms with Crippen LogP contribution in [0.15, 0.2) is 35.6 Å². The minimum absolute atomic E-state index is 0.496. The standard InChI is InChI=1S/C11H12N4S/c1-12-11(16)15-14-7-8-6-13-10-5-3-2-4-9(8)10/h2-7,13H,1H3,(H2,12,15,16). The summed E-state index contributed by atoms with van der Waals surface area (Å²) in [7, 11) is 1.75. The van der Waals surface area contributed by atoms with Crippen molar-refractivity contribution in [2.75, 3.05) is 7.05 Å². The van der Waals surface area contributed by atoms with E-state index in [0.717, 1.165) is 16.5 Å². The molecule has 0 amide bonds. The lowest BCUT2D eigenvalue weighted by atomic mass is 10.2. The van der Waals surface area contributed by atoms with Crippen LogP contribution in [-0.2, 0) is 0 Å². The number of rotatable bonds is 2. The molecule has 3 N–H and O–H groups in total. The average Bonchev–Trinajstić information content (AvgIpc) is 2.73. The third-order valence-corrected chi connectivity index (χ3v) is 2.51. The van der Waals surface area contributed by atoms with Crippen LogP contribution < -0.4 is 10.7 Å². The van der Waals surface area contributed by atoms with Crippen LogP contribution in [0.1, 0.15) is 5.56 Å². The molecule has 0 aliphatic carbocycles. The maximum absolute atomic E-state index is 4.90. The van der Waals surface area contributed by atoms with Crippen molar-refractivity contribution in [3.05, 3.63) is 36.0 Å². The summed E-state index contributed by atoms with van der Waals surface area (Å²) in [5.74, 6) is 0. The highest BCUT2D eigenvalue weighted by atomic mass is 32.1. The molecule has 0 unspecified atom stereocenters. The van der Waals surface area contributed by atoms with Gasteiger partial charge >= 0.3 is 0 Å². The molecule has 0 bridgehead atoms. The molecule has 5 heteroatoms. The van der Waals surface area contributed by atoms with E-state index >= 15 is 0 Å². The van der Waals surface area contributed by atoms with Crippen LogP contribution in [-0.4, -0.2) is 23.4 Å². The maximum atomic E-state index is 4.90. The zero-order chi connectivity index (χ0) is 11.4. The van der Waals surface area contributed by atoms with Crippen LogP contribution in [0.25, 0.3) is 10.9 Å². The highest BCUT2D eigenvalue weighted by Crippen LogP contribution is 2.15. The van der Waals surface area contributed by atoms with Gasteiger partial charge in [0.1, 0.15) is 0 Å². The minimum atomic E-state index is 0.496. The summed E-state index contributed by atoms with van der Waals surface area (Å²) in [5, 5.41) is 8.46. The number of aromatic nitrogens is 1. The van der Waals surface area contributed by atoms with Gasteiger partial charge in [-0.3, -0.25) is 5.43 Å². The smallest absolute Gasteiger partial charge is 0.186 e. The summed E-state index contributed by atoms with van der Waals surface area (Å²) < 4.78 is 0. The van der Waals surface area contributed by atoms with Gasteiger partial charge in [0.05, 0.1) is 6.21 Å². The molecule has 4 nitrogen and oxygen atoms in total. The lowest BCUT2D eigenvalue weighted by molar-refractivity contribution is 0.982.